The summed E-state index contributed by atoms with van der Waals surface area (Å²) in [5.41, 5.74) is 1.79. The lowest BCUT2D eigenvalue weighted by atomic mass is 10.1. The lowest BCUT2D eigenvalue weighted by Gasteiger charge is -2.05. The first-order chi connectivity index (χ1) is 9.24. The molecule has 0 amide bonds. The Balaban J connectivity index is 2.08. The van der Waals surface area contributed by atoms with E-state index < -0.39 is 0 Å². The van der Waals surface area contributed by atoms with Crippen molar-refractivity contribution in [3.05, 3.63) is 35.4 Å². The van der Waals surface area contributed by atoms with Gasteiger partial charge in [0.05, 0.1) is 13.2 Å². The number of ketones is 1. The van der Waals surface area contributed by atoms with Crippen molar-refractivity contribution in [2.24, 2.45) is 0 Å². The van der Waals surface area contributed by atoms with Crippen LogP contribution in [0.4, 0.5) is 0 Å². The Morgan fingerprint density at radius 2 is 1.89 bits per heavy atom. The molecule has 19 heavy (non-hydrogen) atoms. The van der Waals surface area contributed by atoms with Gasteiger partial charge in [0.15, 0.2) is 5.78 Å². The molecule has 0 fully saturated rings. The van der Waals surface area contributed by atoms with Crippen LogP contribution in [0.5, 0.6) is 0 Å². The Bertz CT molecular complexity index is 376. The van der Waals surface area contributed by atoms with Crippen LogP contribution >= 0.6 is 0 Å². The second-order valence-electron chi connectivity index (χ2n) is 4.30. The van der Waals surface area contributed by atoms with Crippen molar-refractivity contribution in [3.8, 4) is 0 Å². The molecule has 1 aromatic carbocycles. The van der Waals surface area contributed by atoms with Gasteiger partial charge in [-0.25, -0.2) is 0 Å². The van der Waals surface area contributed by atoms with Gasteiger partial charge in [0, 0.05) is 25.9 Å². The first kappa shape index (κ1) is 15.8. The predicted molar refractivity (Wildman–Crippen MR) is 73.6 cm³/mol. The summed E-state index contributed by atoms with van der Waals surface area (Å²) in [5, 5.41) is 0. The summed E-state index contributed by atoms with van der Waals surface area (Å²) >= 11 is 0. The largest absolute Gasteiger partial charge is 0.382 e. The van der Waals surface area contributed by atoms with E-state index >= 15 is 0 Å². The second kappa shape index (κ2) is 9.67. The zero-order valence-electron chi connectivity index (χ0n) is 11.7. The van der Waals surface area contributed by atoms with Crippen LogP contribution < -0.4 is 0 Å². The Morgan fingerprint density at radius 1 is 1.11 bits per heavy atom. The topological polar surface area (TPSA) is 44.8 Å². The van der Waals surface area contributed by atoms with E-state index in [-0.39, 0.29) is 12.4 Å². The first-order valence-corrected chi connectivity index (χ1v) is 6.48. The van der Waals surface area contributed by atoms with Gasteiger partial charge in [-0.1, -0.05) is 23.8 Å². The summed E-state index contributed by atoms with van der Waals surface area (Å²) in [6, 6.07) is 7.54. The maximum Gasteiger partial charge on any atom is 0.188 e. The summed E-state index contributed by atoms with van der Waals surface area (Å²) < 4.78 is 15.5. The van der Waals surface area contributed by atoms with Gasteiger partial charge in [-0.3, -0.25) is 4.79 Å². The number of ether oxygens (including phenoxy) is 3. The van der Waals surface area contributed by atoms with Gasteiger partial charge in [0.2, 0.25) is 0 Å². The van der Waals surface area contributed by atoms with E-state index in [2.05, 4.69) is 0 Å². The van der Waals surface area contributed by atoms with Crippen molar-refractivity contribution < 1.29 is 19.0 Å². The third-order valence-electron chi connectivity index (χ3n) is 2.58. The van der Waals surface area contributed by atoms with Gasteiger partial charge in [-0.2, -0.15) is 0 Å². The average molecular weight is 266 g/mol. The lowest BCUT2D eigenvalue weighted by Crippen LogP contribution is -2.11. The minimum Gasteiger partial charge on any atom is -0.382 e. The molecule has 0 aliphatic rings. The van der Waals surface area contributed by atoms with Gasteiger partial charge in [-0.05, 0) is 19.4 Å². The van der Waals surface area contributed by atoms with Crippen LogP contribution in [0.3, 0.4) is 0 Å². The Morgan fingerprint density at radius 3 is 2.63 bits per heavy atom. The molecule has 0 aromatic heterocycles. The number of benzene rings is 1. The number of carbonyl (C=O) groups excluding carboxylic acids is 1. The highest BCUT2D eigenvalue weighted by atomic mass is 16.5. The molecule has 0 atom stereocenters. The SMILES string of the molecule is COCCOCCCOCC(=O)c1cccc(C)c1. The lowest BCUT2D eigenvalue weighted by molar-refractivity contribution is 0.0488. The Kier molecular flexibility index (Phi) is 8.05. The highest BCUT2D eigenvalue weighted by Crippen LogP contribution is 2.05. The third kappa shape index (κ3) is 7.06. The molecule has 0 N–H and O–H groups in total. The van der Waals surface area contributed by atoms with Crippen LogP contribution in [0.2, 0.25) is 0 Å². The molecule has 0 heterocycles. The zero-order chi connectivity index (χ0) is 13.9. The summed E-state index contributed by atoms with van der Waals surface area (Å²) in [6.45, 7) is 4.45. The van der Waals surface area contributed by atoms with E-state index in [1.54, 1.807) is 7.11 Å². The van der Waals surface area contributed by atoms with Crippen molar-refractivity contribution >= 4 is 5.78 Å². The smallest absolute Gasteiger partial charge is 0.188 e. The number of hydrogen-bond donors (Lipinski definition) is 0. The zero-order valence-corrected chi connectivity index (χ0v) is 11.7. The molecular weight excluding hydrogens is 244 g/mol. The summed E-state index contributed by atoms with van der Waals surface area (Å²) in [6.07, 6.45) is 0.783. The molecule has 0 radical (unpaired) electrons. The number of Topliss-reactive ketones (excluding diaryl/α,β-unsaturated/α-hetero) is 1. The van der Waals surface area contributed by atoms with E-state index in [1.165, 1.54) is 0 Å². The van der Waals surface area contributed by atoms with Gasteiger partial charge in [-0.15, -0.1) is 0 Å². The number of carbonyl (C=O) groups is 1. The summed E-state index contributed by atoms with van der Waals surface area (Å²) in [7, 11) is 1.64. The van der Waals surface area contributed by atoms with E-state index in [4.69, 9.17) is 14.2 Å². The number of rotatable bonds is 10. The Labute approximate surface area is 114 Å². The molecule has 0 bridgehead atoms. The molecule has 0 saturated heterocycles. The number of methoxy groups -OCH3 is 1. The van der Waals surface area contributed by atoms with Crippen LogP contribution in [0.25, 0.3) is 0 Å². The van der Waals surface area contributed by atoms with E-state index in [0.29, 0.717) is 32.0 Å². The molecule has 0 saturated carbocycles. The van der Waals surface area contributed by atoms with Crippen molar-refractivity contribution in [1.82, 2.24) is 0 Å². The van der Waals surface area contributed by atoms with Crippen molar-refractivity contribution in [1.29, 1.82) is 0 Å². The van der Waals surface area contributed by atoms with Crippen LogP contribution in [-0.4, -0.2) is 45.9 Å². The van der Waals surface area contributed by atoms with Gasteiger partial charge >= 0.3 is 0 Å². The fourth-order valence-corrected chi connectivity index (χ4v) is 1.57. The van der Waals surface area contributed by atoms with Crippen LogP contribution in [0.15, 0.2) is 24.3 Å². The molecule has 1 rings (SSSR count). The molecule has 106 valence electrons. The first-order valence-electron chi connectivity index (χ1n) is 6.48. The monoisotopic (exact) mass is 266 g/mol. The van der Waals surface area contributed by atoms with Crippen molar-refractivity contribution in [2.45, 2.75) is 13.3 Å². The minimum atomic E-state index is 0.0176. The molecule has 0 aliphatic heterocycles. The van der Waals surface area contributed by atoms with Crippen LogP contribution in [-0.2, 0) is 14.2 Å². The maximum absolute atomic E-state index is 11.8. The molecule has 4 nitrogen and oxygen atoms in total. The van der Waals surface area contributed by atoms with Gasteiger partial charge in [0.1, 0.15) is 6.61 Å². The molecule has 0 unspecified atom stereocenters. The predicted octanol–water partition coefficient (Wildman–Crippen LogP) is 2.25. The van der Waals surface area contributed by atoms with Crippen molar-refractivity contribution in [3.63, 3.8) is 0 Å². The maximum atomic E-state index is 11.8. The van der Waals surface area contributed by atoms with Crippen molar-refractivity contribution in [2.75, 3.05) is 40.1 Å². The summed E-state index contributed by atoms with van der Waals surface area (Å²) in [4.78, 5) is 11.8. The highest BCUT2D eigenvalue weighted by Gasteiger charge is 2.05. The number of aryl methyl sites for hydroxylation is 1. The average Bonchev–Trinajstić information content (AvgIpc) is 2.41. The van der Waals surface area contributed by atoms with E-state index in [1.807, 2.05) is 31.2 Å². The highest BCUT2D eigenvalue weighted by molar-refractivity contribution is 5.97. The fourth-order valence-electron chi connectivity index (χ4n) is 1.57. The summed E-state index contributed by atoms with van der Waals surface area (Å²) in [5.74, 6) is 0.0176. The normalized spacial score (nSPS) is 10.6. The molecule has 1 aromatic rings. The quantitative estimate of drug-likeness (QED) is 0.481. The minimum absolute atomic E-state index is 0.0176. The molecule has 0 aliphatic carbocycles. The van der Waals surface area contributed by atoms with E-state index in [9.17, 15) is 4.79 Å². The molecular formula is C15H22O4. The van der Waals surface area contributed by atoms with Crippen LogP contribution in [0.1, 0.15) is 22.3 Å². The number of hydrogen-bond acceptors (Lipinski definition) is 4. The van der Waals surface area contributed by atoms with Gasteiger partial charge < -0.3 is 14.2 Å². The third-order valence-corrected chi connectivity index (χ3v) is 2.58. The molecule has 4 heteroatoms. The fraction of sp³-hybridized carbons (Fsp3) is 0.533. The second-order valence-corrected chi connectivity index (χ2v) is 4.30. The van der Waals surface area contributed by atoms with Crippen LogP contribution in [0, 0.1) is 6.92 Å². The molecule has 0 spiro atoms. The van der Waals surface area contributed by atoms with E-state index in [0.717, 1.165) is 12.0 Å². The Hall–Kier alpha value is -1.23. The standard InChI is InChI=1S/C15H22O4/c1-13-5-3-6-14(11-13)15(16)12-19-8-4-7-18-10-9-17-2/h3,5-6,11H,4,7-10,12H2,1-2H3. The van der Waals surface area contributed by atoms with Gasteiger partial charge in [0.25, 0.3) is 0 Å².